The molecule has 7 nitrogen and oxygen atoms in total. The molecule has 0 aliphatic heterocycles. The Labute approximate surface area is 155 Å². The van der Waals surface area contributed by atoms with Crippen molar-refractivity contribution in [3.63, 3.8) is 0 Å². The van der Waals surface area contributed by atoms with Crippen molar-refractivity contribution in [1.29, 1.82) is 0 Å². The molecule has 0 saturated carbocycles. The summed E-state index contributed by atoms with van der Waals surface area (Å²) in [6.07, 6.45) is 0. The maximum atomic E-state index is 12.3. The number of nitrogens with one attached hydrogen (secondary N) is 1. The molecular formula is C18H19N5O2S. The van der Waals surface area contributed by atoms with Crippen molar-refractivity contribution in [1.82, 2.24) is 20.2 Å². The zero-order chi connectivity index (χ0) is 18.5. The Morgan fingerprint density at radius 2 is 2.04 bits per heavy atom. The summed E-state index contributed by atoms with van der Waals surface area (Å²) < 4.78 is 6.90. The van der Waals surface area contributed by atoms with Crippen LogP contribution in [0.15, 0.2) is 47.6 Å². The third-order valence-electron chi connectivity index (χ3n) is 3.75. The van der Waals surface area contributed by atoms with Gasteiger partial charge in [0.1, 0.15) is 5.75 Å². The van der Waals surface area contributed by atoms with E-state index >= 15 is 0 Å². The van der Waals surface area contributed by atoms with Crippen molar-refractivity contribution in [3.8, 4) is 11.4 Å². The van der Waals surface area contributed by atoms with Crippen LogP contribution in [0, 0.1) is 13.8 Å². The van der Waals surface area contributed by atoms with Crippen LogP contribution in [0.25, 0.3) is 5.69 Å². The van der Waals surface area contributed by atoms with Crippen molar-refractivity contribution >= 4 is 23.4 Å². The van der Waals surface area contributed by atoms with E-state index in [1.54, 1.807) is 23.9 Å². The fourth-order valence-corrected chi connectivity index (χ4v) is 3.12. The van der Waals surface area contributed by atoms with Crippen LogP contribution < -0.4 is 10.1 Å². The molecule has 1 N–H and O–H groups in total. The first-order valence-corrected chi connectivity index (χ1v) is 8.98. The molecule has 2 aromatic carbocycles. The van der Waals surface area contributed by atoms with E-state index in [1.165, 1.54) is 11.8 Å². The lowest BCUT2D eigenvalue weighted by Gasteiger charge is -2.10. The predicted molar refractivity (Wildman–Crippen MR) is 101 cm³/mol. The molecule has 134 valence electrons. The van der Waals surface area contributed by atoms with E-state index in [4.69, 9.17) is 4.74 Å². The van der Waals surface area contributed by atoms with Gasteiger partial charge in [-0.15, -0.1) is 5.10 Å². The SMILES string of the molecule is COc1ccccc1NC(=O)CSc1nnnn1-c1cc(C)ccc1C. The van der Waals surface area contributed by atoms with Gasteiger partial charge < -0.3 is 10.1 Å². The molecule has 0 saturated heterocycles. The van der Waals surface area contributed by atoms with Crippen LogP contribution in [0.3, 0.4) is 0 Å². The summed E-state index contributed by atoms with van der Waals surface area (Å²) in [5.41, 5.74) is 3.71. The van der Waals surface area contributed by atoms with Crippen molar-refractivity contribution in [2.75, 3.05) is 18.2 Å². The van der Waals surface area contributed by atoms with E-state index < -0.39 is 0 Å². The second-order valence-corrected chi connectivity index (χ2v) is 6.64. The molecule has 0 spiro atoms. The number of hydrogen-bond donors (Lipinski definition) is 1. The van der Waals surface area contributed by atoms with Crippen LogP contribution in [0.5, 0.6) is 5.75 Å². The third kappa shape index (κ3) is 4.02. The van der Waals surface area contributed by atoms with E-state index in [-0.39, 0.29) is 11.7 Å². The summed E-state index contributed by atoms with van der Waals surface area (Å²) in [4.78, 5) is 12.3. The van der Waals surface area contributed by atoms with Crippen LogP contribution in [0.4, 0.5) is 5.69 Å². The number of carbonyl (C=O) groups excluding carboxylic acids is 1. The van der Waals surface area contributed by atoms with Crippen LogP contribution >= 0.6 is 11.8 Å². The molecule has 3 rings (SSSR count). The summed E-state index contributed by atoms with van der Waals surface area (Å²) in [6.45, 7) is 4.01. The zero-order valence-corrected chi connectivity index (χ0v) is 15.6. The van der Waals surface area contributed by atoms with Gasteiger partial charge in [-0.05, 0) is 53.6 Å². The molecule has 1 heterocycles. The number of carbonyl (C=O) groups is 1. The molecule has 0 aliphatic carbocycles. The number of ether oxygens (including phenoxy) is 1. The van der Waals surface area contributed by atoms with Crippen molar-refractivity contribution in [3.05, 3.63) is 53.6 Å². The first-order valence-electron chi connectivity index (χ1n) is 8.00. The van der Waals surface area contributed by atoms with Crippen LogP contribution in [0.1, 0.15) is 11.1 Å². The van der Waals surface area contributed by atoms with Gasteiger partial charge in [0.05, 0.1) is 24.2 Å². The second-order valence-electron chi connectivity index (χ2n) is 5.70. The maximum absolute atomic E-state index is 12.3. The van der Waals surface area contributed by atoms with Gasteiger partial charge in [-0.25, -0.2) is 0 Å². The highest BCUT2D eigenvalue weighted by Crippen LogP contribution is 2.25. The number of nitrogens with zero attached hydrogens (tertiary/aromatic N) is 4. The molecule has 3 aromatic rings. The lowest BCUT2D eigenvalue weighted by Crippen LogP contribution is -2.15. The molecule has 0 atom stereocenters. The fourth-order valence-electron chi connectivity index (χ4n) is 2.43. The Balaban J connectivity index is 1.70. The van der Waals surface area contributed by atoms with E-state index in [0.29, 0.717) is 16.6 Å². The van der Waals surface area contributed by atoms with Gasteiger partial charge in [0, 0.05) is 0 Å². The molecular weight excluding hydrogens is 350 g/mol. The number of thioether (sulfide) groups is 1. The molecule has 0 fully saturated rings. The third-order valence-corrected chi connectivity index (χ3v) is 4.67. The number of amides is 1. The number of methoxy groups -OCH3 is 1. The molecule has 0 aliphatic rings. The lowest BCUT2D eigenvalue weighted by atomic mass is 10.1. The van der Waals surface area contributed by atoms with Crippen LogP contribution in [0.2, 0.25) is 0 Å². The highest BCUT2D eigenvalue weighted by Gasteiger charge is 2.14. The second kappa shape index (κ2) is 8.01. The highest BCUT2D eigenvalue weighted by atomic mass is 32.2. The smallest absolute Gasteiger partial charge is 0.234 e. The Kier molecular flexibility index (Phi) is 5.52. The maximum Gasteiger partial charge on any atom is 0.234 e. The molecule has 26 heavy (non-hydrogen) atoms. The Bertz CT molecular complexity index is 925. The first-order chi connectivity index (χ1) is 12.6. The minimum atomic E-state index is -0.157. The normalized spacial score (nSPS) is 10.6. The Morgan fingerprint density at radius 3 is 2.85 bits per heavy atom. The van der Waals surface area contributed by atoms with Gasteiger partial charge in [-0.1, -0.05) is 36.0 Å². The molecule has 1 aromatic heterocycles. The van der Waals surface area contributed by atoms with Gasteiger partial charge >= 0.3 is 0 Å². The molecule has 8 heteroatoms. The minimum Gasteiger partial charge on any atom is -0.495 e. The summed E-state index contributed by atoms with van der Waals surface area (Å²) in [6, 6.07) is 13.4. The minimum absolute atomic E-state index is 0.157. The van der Waals surface area contributed by atoms with Crippen molar-refractivity contribution < 1.29 is 9.53 Å². The fraction of sp³-hybridized carbons (Fsp3) is 0.222. The van der Waals surface area contributed by atoms with Gasteiger partial charge in [0.25, 0.3) is 0 Å². The monoisotopic (exact) mass is 369 g/mol. The van der Waals surface area contributed by atoms with E-state index in [2.05, 4.69) is 20.8 Å². The van der Waals surface area contributed by atoms with E-state index in [1.807, 2.05) is 44.2 Å². The van der Waals surface area contributed by atoms with Gasteiger partial charge in [-0.2, -0.15) is 4.68 Å². The average Bonchev–Trinajstić information content (AvgIpc) is 3.11. The number of rotatable bonds is 6. The summed E-state index contributed by atoms with van der Waals surface area (Å²) in [5.74, 6) is 0.643. The number of para-hydroxylation sites is 2. The lowest BCUT2D eigenvalue weighted by molar-refractivity contribution is -0.113. The van der Waals surface area contributed by atoms with Crippen molar-refractivity contribution in [2.45, 2.75) is 19.0 Å². The van der Waals surface area contributed by atoms with E-state index in [9.17, 15) is 4.79 Å². The summed E-state index contributed by atoms with van der Waals surface area (Å²) >= 11 is 1.28. The largest absolute Gasteiger partial charge is 0.495 e. The molecule has 0 bridgehead atoms. The quantitative estimate of drug-likeness (QED) is 0.673. The van der Waals surface area contributed by atoms with Crippen LogP contribution in [-0.2, 0) is 4.79 Å². The van der Waals surface area contributed by atoms with Gasteiger partial charge in [0.15, 0.2) is 0 Å². The molecule has 1 amide bonds. The Hall–Kier alpha value is -2.87. The number of aromatic nitrogens is 4. The summed E-state index contributed by atoms with van der Waals surface area (Å²) in [5, 5.41) is 15.3. The first kappa shape index (κ1) is 17.9. The number of hydrogen-bond acceptors (Lipinski definition) is 6. The topological polar surface area (TPSA) is 81.9 Å². The van der Waals surface area contributed by atoms with Crippen LogP contribution in [-0.4, -0.2) is 39.0 Å². The number of anilines is 1. The highest BCUT2D eigenvalue weighted by molar-refractivity contribution is 7.99. The van der Waals surface area contributed by atoms with E-state index in [0.717, 1.165) is 16.8 Å². The molecule has 0 unspecified atom stereocenters. The number of tetrazole rings is 1. The summed E-state index contributed by atoms with van der Waals surface area (Å²) in [7, 11) is 1.57. The van der Waals surface area contributed by atoms with Gasteiger partial charge in [0.2, 0.25) is 11.1 Å². The number of aryl methyl sites for hydroxylation is 2. The van der Waals surface area contributed by atoms with Crippen molar-refractivity contribution in [2.24, 2.45) is 0 Å². The predicted octanol–water partition coefficient (Wildman–Crippen LogP) is 3.02. The average molecular weight is 369 g/mol. The standard InChI is InChI=1S/C18H19N5O2S/c1-12-8-9-13(2)15(10-12)23-18(20-21-22-23)26-11-17(24)19-14-6-4-5-7-16(14)25-3/h4-10H,11H2,1-3H3,(H,19,24). The number of benzene rings is 2. The zero-order valence-electron chi connectivity index (χ0n) is 14.8. The van der Waals surface area contributed by atoms with Gasteiger partial charge in [-0.3, -0.25) is 4.79 Å². The molecule has 0 radical (unpaired) electrons. The Morgan fingerprint density at radius 1 is 1.23 bits per heavy atom.